The standard InChI is InChI=1S/C11HClF22O4/c12-1(13,4(16,17)18)8(28,29)37-10(32,33)3(15,6(22,23)24)36-11(34,7(25,26)27)38-9(30,31)2(14,35)5(19,20)21/h35H. The highest BCUT2D eigenvalue weighted by molar-refractivity contribution is 6.24. The van der Waals surface area contributed by atoms with Gasteiger partial charge in [-0.05, 0) is 0 Å². The number of rotatable bonds is 9. The van der Waals surface area contributed by atoms with E-state index in [-0.39, 0.29) is 0 Å². The van der Waals surface area contributed by atoms with Crippen LogP contribution >= 0.6 is 11.6 Å². The molecule has 0 amide bonds. The van der Waals surface area contributed by atoms with E-state index in [1.165, 1.54) is 14.2 Å². The van der Waals surface area contributed by atoms with Crippen LogP contribution in [0.5, 0.6) is 0 Å². The van der Waals surface area contributed by atoms with Crippen molar-refractivity contribution < 1.29 is 116 Å². The molecule has 0 rings (SSSR count). The third-order valence-electron chi connectivity index (χ3n) is 3.35. The minimum atomic E-state index is -8.52. The molecule has 0 radical (unpaired) electrons. The van der Waals surface area contributed by atoms with Crippen molar-refractivity contribution in [1.82, 2.24) is 0 Å². The lowest BCUT2D eigenvalue weighted by Crippen LogP contribution is -2.69. The van der Waals surface area contributed by atoms with E-state index in [4.69, 9.17) is 5.11 Å². The first kappa shape index (κ1) is 36.6. The van der Waals surface area contributed by atoms with Gasteiger partial charge < -0.3 is 5.11 Å². The minimum absolute atomic E-state index is 1.22. The van der Waals surface area contributed by atoms with E-state index < -0.39 is 65.9 Å². The van der Waals surface area contributed by atoms with Gasteiger partial charge in [-0.2, -0.15) is 92.2 Å². The van der Waals surface area contributed by atoms with Gasteiger partial charge in [0.05, 0.1) is 0 Å². The fraction of sp³-hybridized carbons (Fsp3) is 1.00. The highest BCUT2D eigenvalue weighted by atomic mass is 35.5. The maximum Gasteiger partial charge on any atom is 0.478 e. The first-order valence-corrected chi connectivity index (χ1v) is 7.92. The number of alkyl halides is 23. The molecule has 0 heterocycles. The van der Waals surface area contributed by atoms with Crippen molar-refractivity contribution in [3.8, 4) is 0 Å². The summed E-state index contributed by atoms with van der Waals surface area (Å²) >= 11 is 3.46. The van der Waals surface area contributed by atoms with Gasteiger partial charge in [-0.3, -0.25) is 4.74 Å². The molecule has 0 aromatic rings. The van der Waals surface area contributed by atoms with Crippen LogP contribution in [0.15, 0.2) is 0 Å². The predicted octanol–water partition coefficient (Wildman–Crippen LogP) is 6.92. The highest BCUT2D eigenvalue weighted by Gasteiger charge is 2.86. The Morgan fingerprint density at radius 3 is 1.03 bits per heavy atom. The van der Waals surface area contributed by atoms with E-state index in [9.17, 15) is 96.6 Å². The van der Waals surface area contributed by atoms with Gasteiger partial charge in [-0.1, -0.05) is 11.6 Å². The molecular formula is C11HClF22O4. The van der Waals surface area contributed by atoms with Gasteiger partial charge in [0.25, 0.3) is 0 Å². The lowest BCUT2D eigenvalue weighted by Gasteiger charge is -2.42. The molecule has 0 saturated heterocycles. The maximum atomic E-state index is 14.0. The number of aliphatic hydroxyl groups is 1. The van der Waals surface area contributed by atoms with Crippen LogP contribution in [0.4, 0.5) is 96.6 Å². The smallest absolute Gasteiger partial charge is 0.348 e. The van der Waals surface area contributed by atoms with Gasteiger partial charge in [0.2, 0.25) is 0 Å². The van der Waals surface area contributed by atoms with E-state index >= 15 is 0 Å². The average Bonchev–Trinajstić information content (AvgIpc) is 2.55. The van der Waals surface area contributed by atoms with E-state index in [1.54, 1.807) is 0 Å². The van der Waals surface area contributed by atoms with E-state index in [0.29, 0.717) is 0 Å². The zero-order valence-corrected chi connectivity index (χ0v) is 16.6. The second kappa shape index (κ2) is 9.32. The summed E-state index contributed by atoms with van der Waals surface area (Å²) in [6.45, 7) is 0. The Balaban J connectivity index is 7.03. The summed E-state index contributed by atoms with van der Waals surface area (Å²) in [6.07, 6.45) is -55.5. The maximum absolute atomic E-state index is 14.0. The number of hydrogen-bond donors (Lipinski definition) is 1. The summed E-state index contributed by atoms with van der Waals surface area (Å²) in [6, 6.07) is -8.22. The molecule has 0 spiro atoms. The second-order valence-corrected chi connectivity index (χ2v) is 6.70. The van der Waals surface area contributed by atoms with Crippen molar-refractivity contribution in [2.45, 2.75) is 65.9 Å². The van der Waals surface area contributed by atoms with Gasteiger partial charge >= 0.3 is 65.9 Å². The van der Waals surface area contributed by atoms with Crippen LogP contribution in [0.2, 0.25) is 0 Å². The van der Waals surface area contributed by atoms with E-state index in [1.807, 2.05) is 0 Å². The van der Waals surface area contributed by atoms with Crippen LogP contribution in [-0.2, 0) is 14.2 Å². The predicted molar refractivity (Wildman–Crippen MR) is 65.7 cm³/mol. The lowest BCUT2D eigenvalue weighted by atomic mass is 10.2. The topological polar surface area (TPSA) is 47.9 Å². The molecule has 4 atom stereocenters. The summed E-state index contributed by atoms with van der Waals surface area (Å²) in [4.78, 5) is 0. The summed E-state index contributed by atoms with van der Waals surface area (Å²) in [5, 5.41) is 0.820. The molecule has 1 N–H and O–H groups in total. The van der Waals surface area contributed by atoms with Crippen LogP contribution in [0.25, 0.3) is 0 Å². The Bertz CT molecular complexity index is 840. The SMILES string of the molecule is OC(F)(C(F)(F)F)C(F)(F)OC(F)(OC(F)(C(F)(F)F)C(F)(F)OC(F)(F)C(F)(Cl)C(F)(F)F)C(F)(F)F. The first-order valence-electron chi connectivity index (χ1n) is 7.54. The van der Waals surface area contributed by atoms with Crippen molar-refractivity contribution in [2.24, 2.45) is 0 Å². The molecule has 27 heteroatoms. The van der Waals surface area contributed by atoms with Crippen LogP contribution in [0, 0.1) is 0 Å². The Labute approximate surface area is 194 Å². The van der Waals surface area contributed by atoms with Crippen molar-refractivity contribution in [1.29, 1.82) is 0 Å². The van der Waals surface area contributed by atoms with E-state index in [2.05, 4.69) is 11.6 Å². The van der Waals surface area contributed by atoms with E-state index in [0.717, 1.165) is 0 Å². The van der Waals surface area contributed by atoms with Crippen molar-refractivity contribution in [3.63, 3.8) is 0 Å². The van der Waals surface area contributed by atoms with Gasteiger partial charge in [-0.25, -0.2) is 13.9 Å². The fourth-order valence-electron chi connectivity index (χ4n) is 1.45. The Kier molecular flexibility index (Phi) is 8.98. The molecule has 0 fully saturated rings. The molecule has 4 nitrogen and oxygen atoms in total. The third-order valence-corrected chi connectivity index (χ3v) is 3.78. The molecule has 38 heavy (non-hydrogen) atoms. The number of hydrogen-bond acceptors (Lipinski definition) is 4. The van der Waals surface area contributed by atoms with Crippen molar-refractivity contribution in [2.75, 3.05) is 0 Å². The summed E-state index contributed by atoms with van der Waals surface area (Å²) in [5.41, 5.74) is 0. The fourth-order valence-corrected chi connectivity index (χ4v) is 1.49. The van der Waals surface area contributed by atoms with Crippen molar-refractivity contribution in [3.05, 3.63) is 0 Å². The average molecular weight is 651 g/mol. The first-order chi connectivity index (χ1) is 15.9. The summed E-state index contributed by atoms with van der Waals surface area (Å²) in [7, 11) is 0. The molecular weight excluding hydrogens is 650 g/mol. The molecule has 0 aromatic carbocycles. The molecule has 4 unspecified atom stereocenters. The second-order valence-electron chi connectivity index (χ2n) is 6.18. The molecule has 0 aliphatic heterocycles. The quantitative estimate of drug-likeness (QED) is 0.167. The zero-order chi connectivity index (χ0) is 31.6. The van der Waals surface area contributed by atoms with Crippen molar-refractivity contribution >= 4 is 11.6 Å². The molecule has 0 bridgehead atoms. The molecule has 0 aliphatic carbocycles. The van der Waals surface area contributed by atoms with Gasteiger partial charge in [0.1, 0.15) is 0 Å². The van der Waals surface area contributed by atoms with Gasteiger partial charge in [-0.15, -0.1) is 0 Å². The van der Waals surface area contributed by atoms with Crippen LogP contribution in [0.1, 0.15) is 0 Å². The minimum Gasteiger partial charge on any atom is -0.348 e. The van der Waals surface area contributed by atoms with Crippen LogP contribution in [-0.4, -0.2) is 71.0 Å². The van der Waals surface area contributed by atoms with Gasteiger partial charge in [0, 0.05) is 0 Å². The third kappa shape index (κ3) is 6.16. The molecule has 0 saturated carbocycles. The van der Waals surface area contributed by atoms with Crippen LogP contribution < -0.4 is 0 Å². The zero-order valence-electron chi connectivity index (χ0n) is 15.9. The van der Waals surface area contributed by atoms with Gasteiger partial charge in [0.15, 0.2) is 0 Å². The summed E-state index contributed by atoms with van der Waals surface area (Å²) < 4.78 is 286. The Hall–Kier alpha value is -1.41. The monoisotopic (exact) mass is 650 g/mol. The highest BCUT2D eigenvalue weighted by Crippen LogP contribution is 2.58. The largest absolute Gasteiger partial charge is 0.478 e. The lowest BCUT2D eigenvalue weighted by molar-refractivity contribution is -0.597. The summed E-state index contributed by atoms with van der Waals surface area (Å²) in [5.74, 6) is -16.1. The molecule has 0 aliphatic rings. The Morgan fingerprint density at radius 1 is 0.395 bits per heavy atom. The molecule has 0 aromatic heterocycles. The number of ether oxygens (including phenoxy) is 3. The molecule has 230 valence electrons. The normalized spacial score (nSPS) is 21.8. The Morgan fingerprint density at radius 2 is 0.763 bits per heavy atom. The number of halogens is 23. The van der Waals surface area contributed by atoms with Crippen LogP contribution in [0.3, 0.4) is 0 Å².